The average molecular weight is 288 g/mol. The lowest BCUT2D eigenvalue weighted by molar-refractivity contribution is 0.385. The number of benzene rings is 2. The van der Waals surface area contributed by atoms with Crippen LogP contribution in [0.15, 0.2) is 30.3 Å². The number of methoxy groups -OCH3 is 1. The highest BCUT2D eigenvalue weighted by Crippen LogP contribution is 2.29. The van der Waals surface area contributed by atoms with Gasteiger partial charge in [-0.3, -0.25) is 5.84 Å². The molecule has 3 N–H and O–H groups in total. The van der Waals surface area contributed by atoms with Crippen LogP contribution in [-0.4, -0.2) is 7.11 Å². The fraction of sp³-hybridized carbons (Fsp3) is 0.294. The fourth-order valence-electron chi connectivity index (χ4n) is 2.52. The van der Waals surface area contributed by atoms with Gasteiger partial charge in [0.25, 0.3) is 0 Å². The second-order valence-corrected chi connectivity index (χ2v) is 5.29. The molecule has 0 spiro atoms. The first kappa shape index (κ1) is 15.5. The first-order valence-electron chi connectivity index (χ1n) is 6.85. The van der Waals surface area contributed by atoms with Gasteiger partial charge in [-0.1, -0.05) is 18.2 Å². The minimum atomic E-state index is -0.381. The van der Waals surface area contributed by atoms with Crippen molar-refractivity contribution in [2.24, 2.45) is 5.84 Å². The van der Waals surface area contributed by atoms with E-state index < -0.39 is 0 Å². The molecular weight excluding hydrogens is 267 g/mol. The van der Waals surface area contributed by atoms with Crippen molar-refractivity contribution in [2.75, 3.05) is 7.11 Å². The summed E-state index contributed by atoms with van der Waals surface area (Å²) in [6.07, 6.45) is 0. The Hall–Kier alpha value is -1.91. The highest BCUT2D eigenvalue weighted by Gasteiger charge is 2.17. The second-order valence-electron chi connectivity index (χ2n) is 5.29. The highest BCUT2D eigenvalue weighted by molar-refractivity contribution is 5.44. The molecule has 0 amide bonds. The van der Waals surface area contributed by atoms with E-state index in [1.54, 1.807) is 12.1 Å². The van der Waals surface area contributed by atoms with E-state index in [1.165, 1.54) is 24.3 Å². The lowest BCUT2D eigenvalue weighted by Crippen LogP contribution is -2.29. The average Bonchev–Trinajstić information content (AvgIpc) is 2.46. The van der Waals surface area contributed by atoms with E-state index in [-0.39, 0.29) is 17.6 Å². The summed E-state index contributed by atoms with van der Waals surface area (Å²) in [4.78, 5) is 0. The third kappa shape index (κ3) is 3.06. The zero-order chi connectivity index (χ0) is 15.6. The van der Waals surface area contributed by atoms with E-state index in [9.17, 15) is 4.39 Å². The SMILES string of the molecule is COc1cc(C(NN)c2cc(C)c(C)cc2C)ccc1F. The van der Waals surface area contributed by atoms with Gasteiger partial charge in [-0.2, -0.15) is 0 Å². The van der Waals surface area contributed by atoms with Gasteiger partial charge in [-0.15, -0.1) is 0 Å². The van der Waals surface area contributed by atoms with Crippen LogP contribution in [0.25, 0.3) is 0 Å². The molecule has 0 heterocycles. The number of hydrogen-bond donors (Lipinski definition) is 2. The second kappa shape index (κ2) is 6.24. The lowest BCUT2D eigenvalue weighted by atomic mass is 9.92. The molecule has 0 aliphatic rings. The third-order valence-corrected chi connectivity index (χ3v) is 3.87. The first-order valence-corrected chi connectivity index (χ1v) is 6.85. The van der Waals surface area contributed by atoms with E-state index >= 15 is 0 Å². The van der Waals surface area contributed by atoms with Gasteiger partial charge < -0.3 is 4.74 Å². The Morgan fingerprint density at radius 1 is 1.05 bits per heavy atom. The Morgan fingerprint density at radius 3 is 2.33 bits per heavy atom. The standard InChI is InChI=1S/C17H21FN2O/c1-10-7-12(3)14(8-11(10)2)17(20-19)13-5-6-15(18)16(9-13)21-4/h5-9,17,20H,19H2,1-4H3. The largest absolute Gasteiger partial charge is 0.494 e. The van der Waals surface area contributed by atoms with Crippen molar-refractivity contribution in [1.82, 2.24) is 5.43 Å². The van der Waals surface area contributed by atoms with E-state index in [2.05, 4.69) is 31.4 Å². The maximum atomic E-state index is 13.6. The summed E-state index contributed by atoms with van der Waals surface area (Å²) in [5, 5.41) is 0. The van der Waals surface area contributed by atoms with Gasteiger partial charge >= 0.3 is 0 Å². The van der Waals surface area contributed by atoms with Crippen LogP contribution >= 0.6 is 0 Å². The minimum absolute atomic E-state index is 0.209. The summed E-state index contributed by atoms with van der Waals surface area (Å²) in [6, 6.07) is 8.83. The molecule has 0 aliphatic carbocycles. The summed E-state index contributed by atoms with van der Waals surface area (Å²) in [5.41, 5.74) is 8.34. The molecule has 4 heteroatoms. The molecule has 3 nitrogen and oxygen atoms in total. The number of aryl methyl sites for hydroxylation is 3. The molecule has 0 saturated heterocycles. The molecule has 2 aromatic carbocycles. The molecule has 0 saturated carbocycles. The molecule has 2 rings (SSSR count). The van der Waals surface area contributed by atoms with Crippen LogP contribution in [0.1, 0.15) is 33.9 Å². The zero-order valence-corrected chi connectivity index (χ0v) is 12.8. The van der Waals surface area contributed by atoms with Gasteiger partial charge in [-0.25, -0.2) is 9.82 Å². The van der Waals surface area contributed by atoms with Crippen molar-refractivity contribution in [3.05, 3.63) is 64.0 Å². The van der Waals surface area contributed by atoms with E-state index in [0.717, 1.165) is 16.7 Å². The zero-order valence-electron chi connectivity index (χ0n) is 12.8. The predicted octanol–water partition coefficient (Wildman–Crippen LogP) is 3.31. The van der Waals surface area contributed by atoms with Crippen LogP contribution in [0, 0.1) is 26.6 Å². The molecule has 2 aromatic rings. The monoisotopic (exact) mass is 288 g/mol. The Morgan fingerprint density at radius 2 is 1.71 bits per heavy atom. The van der Waals surface area contributed by atoms with Gasteiger partial charge in [0.05, 0.1) is 13.2 Å². The van der Waals surface area contributed by atoms with Gasteiger partial charge in [0, 0.05) is 0 Å². The van der Waals surface area contributed by atoms with Gasteiger partial charge in [-0.05, 0) is 60.7 Å². The number of rotatable bonds is 4. The predicted molar refractivity (Wildman–Crippen MR) is 82.8 cm³/mol. The summed E-state index contributed by atoms with van der Waals surface area (Å²) in [6.45, 7) is 6.20. The van der Waals surface area contributed by atoms with Crippen LogP contribution in [0.5, 0.6) is 5.75 Å². The number of hydrogen-bond acceptors (Lipinski definition) is 3. The number of ether oxygens (including phenoxy) is 1. The van der Waals surface area contributed by atoms with Crippen LogP contribution in [0.2, 0.25) is 0 Å². The Bertz CT molecular complexity index is 655. The topological polar surface area (TPSA) is 47.3 Å². The molecule has 21 heavy (non-hydrogen) atoms. The maximum Gasteiger partial charge on any atom is 0.165 e. The molecule has 0 fully saturated rings. The summed E-state index contributed by atoms with van der Waals surface area (Å²) in [7, 11) is 1.45. The molecular formula is C17H21FN2O. The van der Waals surface area contributed by atoms with Crippen LogP contribution in [0.3, 0.4) is 0 Å². The van der Waals surface area contributed by atoms with Crippen LogP contribution in [0.4, 0.5) is 4.39 Å². The fourth-order valence-corrected chi connectivity index (χ4v) is 2.52. The molecule has 112 valence electrons. The summed E-state index contributed by atoms with van der Waals surface area (Å²) >= 11 is 0. The molecule has 0 radical (unpaired) electrons. The first-order chi connectivity index (χ1) is 9.97. The van der Waals surface area contributed by atoms with Crippen molar-refractivity contribution in [3.8, 4) is 5.75 Å². The third-order valence-electron chi connectivity index (χ3n) is 3.87. The molecule has 0 bridgehead atoms. The van der Waals surface area contributed by atoms with E-state index in [0.29, 0.717) is 0 Å². The normalized spacial score (nSPS) is 12.3. The van der Waals surface area contributed by atoms with Crippen molar-refractivity contribution in [2.45, 2.75) is 26.8 Å². The van der Waals surface area contributed by atoms with Gasteiger partial charge in [0.1, 0.15) is 0 Å². The maximum absolute atomic E-state index is 13.6. The summed E-state index contributed by atoms with van der Waals surface area (Å²) in [5.74, 6) is 5.58. The van der Waals surface area contributed by atoms with E-state index in [1.807, 2.05) is 6.92 Å². The molecule has 1 atom stereocenters. The van der Waals surface area contributed by atoms with Gasteiger partial charge in [0.15, 0.2) is 11.6 Å². The number of nitrogens with two attached hydrogens (primary N) is 1. The van der Waals surface area contributed by atoms with Crippen molar-refractivity contribution in [3.63, 3.8) is 0 Å². The minimum Gasteiger partial charge on any atom is -0.494 e. The number of hydrazine groups is 1. The number of nitrogens with one attached hydrogen (secondary N) is 1. The molecule has 0 aliphatic heterocycles. The van der Waals surface area contributed by atoms with Crippen molar-refractivity contribution < 1.29 is 9.13 Å². The smallest absolute Gasteiger partial charge is 0.165 e. The number of halogens is 1. The van der Waals surface area contributed by atoms with Crippen molar-refractivity contribution in [1.29, 1.82) is 0 Å². The van der Waals surface area contributed by atoms with E-state index in [4.69, 9.17) is 10.6 Å². The Kier molecular flexibility index (Phi) is 4.60. The Labute approximate surface area is 124 Å². The lowest BCUT2D eigenvalue weighted by Gasteiger charge is -2.21. The molecule has 1 unspecified atom stereocenters. The molecule has 0 aromatic heterocycles. The quantitative estimate of drug-likeness (QED) is 0.670. The van der Waals surface area contributed by atoms with Gasteiger partial charge in [0.2, 0.25) is 0 Å². The van der Waals surface area contributed by atoms with Crippen LogP contribution in [-0.2, 0) is 0 Å². The highest BCUT2D eigenvalue weighted by atomic mass is 19.1. The Balaban J connectivity index is 2.52. The van der Waals surface area contributed by atoms with Crippen LogP contribution < -0.4 is 16.0 Å². The summed E-state index contributed by atoms with van der Waals surface area (Å²) < 4.78 is 18.6. The van der Waals surface area contributed by atoms with Crippen molar-refractivity contribution >= 4 is 0 Å².